The highest BCUT2D eigenvalue weighted by Gasteiger charge is 2.37. The molecule has 2 N–H and O–H groups in total. The molecule has 84 valence electrons. The van der Waals surface area contributed by atoms with Crippen LogP contribution in [0.25, 0.3) is 0 Å². The SMILES string of the molecule is CCS(=O)(=O)N1CCC(N)C(C)(C)C1. The third kappa shape index (κ3) is 2.27. The van der Waals surface area contributed by atoms with E-state index in [0.717, 1.165) is 6.42 Å². The van der Waals surface area contributed by atoms with Crippen LogP contribution in [0.5, 0.6) is 0 Å². The average Bonchev–Trinajstić information content (AvgIpc) is 2.09. The number of hydrogen-bond acceptors (Lipinski definition) is 3. The molecule has 0 aliphatic carbocycles. The lowest BCUT2D eigenvalue weighted by atomic mass is 9.81. The molecule has 0 aromatic carbocycles. The molecule has 1 aliphatic heterocycles. The molecule has 1 aliphatic rings. The van der Waals surface area contributed by atoms with Crippen LogP contribution >= 0.6 is 0 Å². The van der Waals surface area contributed by atoms with Gasteiger partial charge in [-0.15, -0.1) is 0 Å². The highest BCUT2D eigenvalue weighted by molar-refractivity contribution is 7.89. The van der Waals surface area contributed by atoms with Gasteiger partial charge in [-0.3, -0.25) is 0 Å². The van der Waals surface area contributed by atoms with E-state index in [2.05, 4.69) is 0 Å². The average molecular weight is 220 g/mol. The highest BCUT2D eigenvalue weighted by atomic mass is 32.2. The first-order valence-corrected chi connectivity index (χ1v) is 6.64. The standard InChI is InChI=1S/C9H20N2O2S/c1-4-14(12,13)11-6-5-8(10)9(2,3)7-11/h8H,4-7,10H2,1-3H3. The summed E-state index contributed by atoms with van der Waals surface area (Å²) in [7, 11) is -3.04. The molecule has 0 aromatic rings. The molecule has 5 heteroatoms. The maximum Gasteiger partial charge on any atom is 0.213 e. The van der Waals surface area contributed by atoms with Crippen molar-refractivity contribution in [1.29, 1.82) is 0 Å². The first-order chi connectivity index (χ1) is 6.29. The van der Waals surface area contributed by atoms with Crippen molar-refractivity contribution >= 4 is 10.0 Å². The van der Waals surface area contributed by atoms with Gasteiger partial charge in [0.15, 0.2) is 0 Å². The third-order valence-electron chi connectivity index (χ3n) is 3.04. The molecule has 1 saturated heterocycles. The highest BCUT2D eigenvalue weighted by Crippen LogP contribution is 2.29. The van der Waals surface area contributed by atoms with E-state index in [4.69, 9.17) is 5.73 Å². The third-order valence-corrected chi connectivity index (χ3v) is 4.86. The molecule has 0 spiro atoms. The van der Waals surface area contributed by atoms with Gasteiger partial charge in [0.1, 0.15) is 0 Å². The van der Waals surface area contributed by atoms with E-state index in [1.54, 1.807) is 11.2 Å². The number of nitrogens with zero attached hydrogens (tertiary/aromatic N) is 1. The van der Waals surface area contributed by atoms with Crippen LogP contribution in [0.1, 0.15) is 27.2 Å². The van der Waals surface area contributed by atoms with Crippen molar-refractivity contribution < 1.29 is 8.42 Å². The van der Waals surface area contributed by atoms with E-state index >= 15 is 0 Å². The van der Waals surface area contributed by atoms with Crippen molar-refractivity contribution in [2.45, 2.75) is 33.2 Å². The topological polar surface area (TPSA) is 63.4 Å². The summed E-state index contributed by atoms with van der Waals surface area (Å²) in [6, 6.07) is 0.103. The minimum absolute atomic E-state index is 0.103. The molecule has 1 fully saturated rings. The number of piperidine rings is 1. The fraction of sp³-hybridized carbons (Fsp3) is 1.00. The smallest absolute Gasteiger partial charge is 0.213 e. The molecule has 4 nitrogen and oxygen atoms in total. The van der Waals surface area contributed by atoms with Gasteiger partial charge in [-0.1, -0.05) is 13.8 Å². The van der Waals surface area contributed by atoms with Gasteiger partial charge in [0.25, 0.3) is 0 Å². The zero-order chi connectivity index (χ0) is 11.0. The Morgan fingerprint density at radius 2 is 2.07 bits per heavy atom. The van der Waals surface area contributed by atoms with Gasteiger partial charge in [0.05, 0.1) is 5.75 Å². The van der Waals surface area contributed by atoms with Gasteiger partial charge in [-0.25, -0.2) is 12.7 Å². The fourth-order valence-corrected chi connectivity index (χ4v) is 3.02. The van der Waals surface area contributed by atoms with Crippen molar-refractivity contribution in [2.75, 3.05) is 18.8 Å². The van der Waals surface area contributed by atoms with Crippen molar-refractivity contribution in [1.82, 2.24) is 4.31 Å². The number of hydrogen-bond donors (Lipinski definition) is 1. The maximum absolute atomic E-state index is 11.6. The van der Waals surface area contributed by atoms with Crippen molar-refractivity contribution in [3.05, 3.63) is 0 Å². The summed E-state index contributed by atoms with van der Waals surface area (Å²) in [4.78, 5) is 0. The Labute approximate surface area is 86.5 Å². The first kappa shape index (κ1) is 11.9. The largest absolute Gasteiger partial charge is 0.327 e. The maximum atomic E-state index is 11.6. The predicted molar refractivity (Wildman–Crippen MR) is 57.4 cm³/mol. The van der Waals surface area contributed by atoms with E-state index in [9.17, 15) is 8.42 Å². The Balaban J connectivity index is 2.79. The molecular weight excluding hydrogens is 200 g/mol. The first-order valence-electron chi connectivity index (χ1n) is 5.03. The van der Waals surface area contributed by atoms with E-state index in [1.165, 1.54) is 0 Å². The summed E-state index contributed by atoms with van der Waals surface area (Å²) in [5, 5.41) is 0. The van der Waals surface area contributed by atoms with E-state index in [-0.39, 0.29) is 17.2 Å². The normalized spacial score (nSPS) is 29.0. The molecule has 1 heterocycles. The van der Waals surface area contributed by atoms with E-state index < -0.39 is 10.0 Å². The molecule has 0 amide bonds. The zero-order valence-electron chi connectivity index (χ0n) is 9.16. The zero-order valence-corrected chi connectivity index (χ0v) is 9.97. The minimum Gasteiger partial charge on any atom is -0.327 e. The van der Waals surface area contributed by atoms with Crippen LogP contribution in [0.3, 0.4) is 0 Å². The van der Waals surface area contributed by atoms with Gasteiger partial charge < -0.3 is 5.73 Å². The number of nitrogens with two attached hydrogens (primary N) is 1. The van der Waals surface area contributed by atoms with Crippen molar-refractivity contribution in [3.63, 3.8) is 0 Å². The Morgan fingerprint density at radius 1 is 1.50 bits per heavy atom. The molecular formula is C9H20N2O2S. The summed E-state index contributed by atoms with van der Waals surface area (Å²) in [6.07, 6.45) is 0.756. The van der Waals surface area contributed by atoms with Gasteiger partial charge in [-0.2, -0.15) is 0 Å². The van der Waals surface area contributed by atoms with E-state index in [0.29, 0.717) is 13.1 Å². The van der Waals surface area contributed by atoms with Crippen LogP contribution in [-0.2, 0) is 10.0 Å². The molecule has 1 atom stereocenters. The quantitative estimate of drug-likeness (QED) is 0.732. The van der Waals surface area contributed by atoms with Crippen molar-refractivity contribution in [3.8, 4) is 0 Å². The Hall–Kier alpha value is -0.130. The Morgan fingerprint density at radius 3 is 2.50 bits per heavy atom. The Bertz CT molecular complexity index is 298. The monoisotopic (exact) mass is 220 g/mol. The van der Waals surface area contributed by atoms with E-state index in [1.807, 2.05) is 13.8 Å². The molecule has 0 saturated carbocycles. The predicted octanol–water partition coefficient (Wildman–Crippen LogP) is 0.395. The fourth-order valence-electron chi connectivity index (χ4n) is 1.74. The summed E-state index contributed by atoms with van der Waals surface area (Å²) in [6.45, 7) is 6.84. The summed E-state index contributed by atoms with van der Waals surface area (Å²) >= 11 is 0. The van der Waals surface area contributed by atoms with Crippen LogP contribution in [0.4, 0.5) is 0 Å². The van der Waals surface area contributed by atoms with Crippen LogP contribution in [-0.4, -0.2) is 37.6 Å². The second kappa shape index (κ2) is 3.79. The molecule has 1 unspecified atom stereocenters. The van der Waals surface area contributed by atoms with Gasteiger partial charge in [0.2, 0.25) is 10.0 Å². The van der Waals surface area contributed by atoms with Crippen LogP contribution in [0, 0.1) is 5.41 Å². The molecule has 0 aromatic heterocycles. The van der Waals surface area contributed by atoms with Crippen LogP contribution < -0.4 is 5.73 Å². The minimum atomic E-state index is -3.04. The molecule has 14 heavy (non-hydrogen) atoms. The Kier molecular flexibility index (Phi) is 3.23. The van der Waals surface area contributed by atoms with Gasteiger partial charge >= 0.3 is 0 Å². The summed E-state index contributed by atoms with van der Waals surface area (Å²) in [5.74, 6) is 0.179. The second-order valence-electron chi connectivity index (χ2n) is 4.62. The van der Waals surface area contributed by atoms with Gasteiger partial charge in [0, 0.05) is 19.1 Å². The molecule has 0 radical (unpaired) electrons. The van der Waals surface area contributed by atoms with Crippen LogP contribution in [0.15, 0.2) is 0 Å². The lowest BCUT2D eigenvalue weighted by Gasteiger charge is -2.41. The molecule has 0 bridgehead atoms. The lowest BCUT2D eigenvalue weighted by molar-refractivity contribution is 0.155. The van der Waals surface area contributed by atoms with Crippen molar-refractivity contribution in [2.24, 2.45) is 11.1 Å². The number of sulfonamides is 1. The summed E-state index contributed by atoms with van der Waals surface area (Å²) in [5.41, 5.74) is 5.83. The summed E-state index contributed by atoms with van der Waals surface area (Å²) < 4.78 is 24.8. The second-order valence-corrected chi connectivity index (χ2v) is 6.88. The van der Waals surface area contributed by atoms with Gasteiger partial charge in [-0.05, 0) is 18.8 Å². The lowest BCUT2D eigenvalue weighted by Crippen LogP contribution is -2.54. The van der Waals surface area contributed by atoms with Crippen LogP contribution in [0.2, 0.25) is 0 Å². The molecule has 1 rings (SSSR count). The number of rotatable bonds is 2.